The summed E-state index contributed by atoms with van der Waals surface area (Å²) in [4.78, 5) is 15.3. The van der Waals surface area contributed by atoms with Gasteiger partial charge >= 0.3 is 0 Å². The molecule has 0 spiro atoms. The number of hydrogen-bond donors (Lipinski definition) is 2. The zero-order chi connectivity index (χ0) is 26.3. The summed E-state index contributed by atoms with van der Waals surface area (Å²) in [5.41, 5.74) is 1.28. The van der Waals surface area contributed by atoms with Crippen LogP contribution in [0.2, 0.25) is 0 Å². The van der Waals surface area contributed by atoms with Crippen LogP contribution in [-0.4, -0.2) is 83.0 Å². The van der Waals surface area contributed by atoms with Gasteiger partial charge in [-0.2, -0.15) is 0 Å². The van der Waals surface area contributed by atoms with Gasteiger partial charge in [-0.15, -0.1) is 0 Å². The Morgan fingerprint density at radius 3 is 2.39 bits per heavy atom. The molecule has 0 radical (unpaired) electrons. The molecule has 8 nitrogen and oxygen atoms in total. The highest BCUT2D eigenvalue weighted by molar-refractivity contribution is 7.89. The van der Waals surface area contributed by atoms with Gasteiger partial charge in [-0.3, -0.25) is 4.79 Å². The summed E-state index contributed by atoms with van der Waals surface area (Å²) in [7, 11) is 1.61. The normalized spacial score (nSPS) is 23.6. The van der Waals surface area contributed by atoms with E-state index in [-0.39, 0.29) is 29.8 Å². The van der Waals surface area contributed by atoms with Crippen molar-refractivity contribution in [2.24, 2.45) is 5.92 Å². The lowest BCUT2D eigenvalue weighted by Gasteiger charge is -2.32. The molecule has 1 aliphatic heterocycles. The lowest BCUT2D eigenvalue weighted by atomic mass is 9.84. The van der Waals surface area contributed by atoms with Gasteiger partial charge in [-0.25, -0.2) is 12.7 Å². The topological polar surface area (TPSA) is 91.0 Å². The average molecular weight is 523 g/mol. The zero-order valence-corrected chi connectivity index (χ0v) is 23.6. The van der Waals surface area contributed by atoms with Crippen molar-refractivity contribution in [3.8, 4) is 5.75 Å². The third-order valence-electron chi connectivity index (χ3n) is 7.81. The van der Waals surface area contributed by atoms with Gasteiger partial charge < -0.3 is 20.3 Å². The Labute approximate surface area is 218 Å². The van der Waals surface area contributed by atoms with Crippen molar-refractivity contribution in [2.45, 2.75) is 82.2 Å². The molecular weight excluding hydrogens is 476 g/mol. The Hall–Kier alpha value is -1.68. The highest BCUT2D eigenvalue weighted by atomic mass is 32.2. The summed E-state index contributed by atoms with van der Waals surface area (Å²) in [5.74, 6) is 1.28. The van der Waals surface area contributed by atoms with Crippen molar-refractivity contribution >= 4 is 15.9 Å². The number of methoxy groups -OCH3 is 1. The molecule has 1 aliphatic carbocycles. The van der Waals surface area contributed by atoms with E-state index >= 15 is 0 Å². The first-order valence-corrected chi connectivity index (χ1v) is 14.9. The second-order valence-electron chi connectivity index (χ2n) is 10.8. The number of carbonyl (C=O) groups excluding carboxylic acids is 1. The van der Waals surface area contributed by atoms with E-state index in [1.54, 1.807) is 33.1 Å². The predicted octanol–water partition coefficient (Wildman–Crippen LogP) is 3.07. The Morgan fingerprint density at radius 2 is 1.78 bits per heavy atom. The molecule has 1 unspecified atom stereocenters. The van der Waals surface area contributed by atoms with Gasteiger partial charge in [-0.1, -0.05) is 0 Å². The Balaban J connectivity index is 1.38. The van der Waals surface area contributed by atoms with Crippen LogP contribution in [0.5, 0.6) is 5.75 Å². The minimum atomic E-state index is -3.69. The van der Waals surface area contributed by atoms with Gasteiger partial charge in [0, 0.05) is 38.6 Å². The maximum absolute atomic E-state index is 13.2. The molecule has 0 aromatic heterocycles. The van der Waals surface area contributed by atoms with Crippen LogP contribution in [0, 0.1) is 19.8 Å². The number of sulfonamides is 1. The Morgan fingerprint density at radius 1 is 1.11 bits per heavy atom. The summed E-state index contributed by atoms with van der Waals surface area (Å²) < 4.78 is 32.8. The van der Waals surface area contributed by atoms with Crippen LogP contribution in [-0.2, 0) is 14.8 Å². The van der Waals surface area contributed by atoms with E-state index in [1.165, 1.54) is 37.2 Å². The standard InChI is InChI=1S/C27H46N4O4S/c1-20-17-25(35-5)18-21(2)27(20)36(33,34)31(4)16-13-26(32)29-23-10-8-22(9-11-23)12-14-28-24-7-6-15-30(3)19-24/h17-18,22-24,28H,6-16,19H2,1-5H3,(H,29,32)/t22-,23+,24?. The largest absolute Gasteiger partial charge is 0.497 e. The maximum atomic E-state index is 13.2. The second kappa shape index (κ2) is 13.2. The third kappa shape index (κ3) is 7.91. The number of benzene rings is 1. The lowest BCUT2D eigenvalue weighted by Crippen LogP contribution is -2.44. The minimum absolute atomic E-state index is 0.0771. The van der Waals surface area contributed by atoms with Gasteiger partial charge in [0.15, 0.2) is 0 Å². The fourth-order valence-corrected chi connectivity index (χ4v) is 7.27. The number of nitrogens with zero attached hydrogens (tertiary/aromatic N) is 2. The third-order valence-corrected chi connectivity index (χ3v) is 9.98. The number of likely N-dealkylation sites (tertiary alicyclic amines) is 1. The summed E-state index contributed by atoms with van der Waals surface area (Å²) in [6.45, 7) is 7.12. The molecule has 0 bridgehead atoms. The van der Waals surface area contributed by atoms with E-state index in [0.717, 1.165) is 44.7 Å². The molecule has 1 atom stereocenters. The zero-order valence-electron chi connectivity index (χ0n) is 22.8. The predicted molar refractivity (Wildman–Crippen MR) is 144 cm³/mol. The molecule has 2 aliphatic rings. The maximum Gasteiger partial charge on any atom is 0.243 e. The molecule has 1 amide bonds. The van der Waals surface area contributed by atoms with Crippen LogP contribution in [0.3, 0.4) is 0 Å². The van der Waals surface area contributed by atoms with Crippen molar-refractivity contribution in [3.05, 3.63) is 23.3 Å². The molecule has 1 aromatic rings. The molecule has 36 heavy (non-hydrogen) atoms. The number of ether oxygens (including phenoxy) is 1. The quantitative estimate of drug-likeness (QED) is 0.464. The van der Waals surface area contributed by atoms with Crippen LogP contribution in [0.15, 0.2) is 17.0 Å². The average Bonchev–Trinajstić information content (AvgIpc) is 2.83. The van der Waals surface area contributed by atoms with Gasteiger partial charge in [0.25, 0.3) is 0 Å². The van der Waals surface area contributed by atoms with E-state index in [2.05, 4.69) is 22.6 Å². The van der Waals surface area contributed by atoms with Crippen molar-refractivity contribution < 1.29 is 17.9 Å². The second-order valence-corrected chi connectivity index (χ2v) is 12.8. The van der Waals surface area contributed by atoms with E-state index in [0.29, 0.717) is 22.9 Å². The summed E-state index contributed by atoms with van der Waals surface area (Å²) in [6, 6.07) is 4.27. The van der Waals surface area contributed by atoms with Crippen LogP contribution in [0.25, 0.3) is 0 Å². The van der Waals surface area contributed by atoms with Crippen molar-refractivity contribution in [2.75, 3.05) is 47.4 Å². The molecule has 2 N–H and O–H groups in total. The summed E-state index contributed by atoms with van der Waals surface area (Å²) >= 11 is 0. The van der Waals surface area contributed by atoms with Crippen molar-refractivity contribution in [1.29, 1.82) is 0 Å². The first-order chi connectivity index (χ1) is 17.1. The highest BCUT2D eigenvalue weighted by Crippen LogP contribution is 2.28. The Bertz CT molecular complexity index is 953. The Kier molecular flexibility index (Phi) is 10.6. The molecule has 1 aromatic carbocycles. The first-order valence-electron chi connectivity index (χ1n) is 13.4. The number of amides is 1. The number of likely N-dealkylation sites (N-methyl/N-ethyl adjacent to an activating group) is 1. The fourth-order valence-electron chi connectivity index (χ4n) is 5.69. The molecule has 204 valence electrons. The van der Waals surface area contributed by atoms with Crippen LogP contribution in [0.4, 0.5) is 0 Å². The van der Waals surface area contributed by atoms with Gasteiger partial charge in [-0.05, 0) is 108 Å². The fraction of sp³-hybridized carbons (Fsp3) is 0.741. The number of hydrogen-bond acceptors (Lipinski definition) is 6. The molecule has 1 saturated carbocycles. The van der Waals surface area contributed by atoms with Gasteiger partial charge in [0.2, 0.25) is 15.9 Å². The molecule has 1 saturated heterocycles. The number of rotatable bonds is 11. The minimum Gasteiger partial charge on any atom is -0.497 e. The number of carbonyl (C=O) groups is 1. The first kappa shape index (κ1) is 28.9. The molecule has 9 heteroatoms. The monoisotopic (exact) mass is 522 g/mol. The van der Waals surface area contributed by atoms with Gasteiger partial charge in [0.05, 0.1) is 12.0 Å². The van der Waals surface area contributed by atoms with E-state index in [9.17, 15) is 13.2 Å². The van der Waals surface area contributed by atoms with Crippen molar-refractivity contribution in [1.82, 2.24) is 19.8 Å². The smallest absolute Gasteiger partial charge is 0.243 e. The number of aryl methyl sites for hydroxylation is 2. The SMILES string of the molecule is COc1cc(C)c(S(=O)(=O)N(C)CCC(=O)N[C@H]2CC[C@@H](CCNC3CCCN(C)C3)CC2)c(C)c1. The molecule has 3 rings (SSSR count). The molecular formula is C27H46N4O4S. The van der Waals surface area contributed by atoms with Crippen LogP contribution < -0.4 is 15.4 Å². The van der Waals surface area contributed by atoms with E-state index in [4.69, 9.17) is 4.74 Å². The van der Waals surface area contributed by atoms with E-state index < -0.39 is 10.0 Å². The molecule has 2 fully saturated rings. The van der Waals surface area contributed by atoms with E-state index in [1.807, 2.05) is 0 Å². The summed E-state index contributed by atoms with van der Waals surface area (Å²) in [5, 5.41) is 6.87. The van der Waals surface area contributed by atoms with Crippen molar-refractivity contribution in [3.63, 3.8) is 0 Å². The highest BCUT2D eigenvalue weighted by Gasteiger charge is 2.27. The summed E-state index contributed by atoms with van der Waals surface area (Å²) in [6.07, 6.45) is 8.20. The van der Waals surface area contributed by atoms with Gasteiger partial charge in [0.1, 0.15) is 5.75 Å². The molecule has 1 heterocycles. The number of nitrogens with one attached hydrogen (secondary N) is 2. The van der Waals surface area contributed by atoms with Crippen LogP contribution >= 0.6 is 0 Å². The number of piperidine rings is 1. The lowest BCUT2D eigenvalue weighted by molar-refractivity contribution is -0.122. The van der Waals surface area contributed by atoms with Crippen LogP contribution in [0.1, 0.15) is 62.5 Å².